The molecule has 0 saturated carbocycles. The Morgan fingerprint density at radius 2 is 2.22 bits per heavy atom. The highest BCUT2D eigenvalue weighted by molar-refractivity contribution is 7.89. The first-order valence-electron chi connectivity index (χ1n) is 7.40. The molecule has 9 heteroatoms. The van der Waals surface area contributed by atoms with Crippen LogP contribution in [-0.4, -0.2) is 58.0 Å². The molecule has 0 N–H and O–H groups in total. The van der Waals surface area contributed by atoms with Crippen LogP contribution >= 0.6 is 0 Å². The Bertz CT molecular complexity index is 747. The standard InChI is InChI=1S/C14H19N5O3S/c1-18-9-14(17-11-18)23(20,21)19-6-7-22-10-13(19)3-2-12-8-15-4-5-16-12/h4-5,8-9,11,13H,2-3,6-7,10H2,1H3. The number of rotatable bonds is 5. The van der Waals surface area contributed by atoms with Crippen molar-refractivity contribution in [3.8, 4) is 0 Å². The number of hydrogen-bond donors (Lipinski definition) is 0. The highest BCUT2D eigenvalue weighted by Gasteiger charge is 2.35. The molecule has 1 aliphatic rings. The van der Waals surface area contributed by atoms with Gasteiger partial charge in [-0.1, -0.05) is 0 Å². The van der Waals surface area contributed by atoms with Crippen LogP contribution in [0.25, 0.3) is 0 Å². The first kappa shape index (κ1) is 16.0. The van der Waals surface area contributed by atoms with Crippen molar-refractivity contribution in [1.82, 2.24) is 23.8 Å². The summed E-state index contributed by atoms with van der Waals surface area (Å²) in [6, 6.07) is -0.224. The Morgan fingerprint density at radius 1 is 1.35 bits per heavy atom. The van der Waals surface area contributed by atoms with Crippen LogP contribution in [0.4, 0.5) is 0 Å². The van der Waals surface area contributed by atoms with Gasteiger partial charge < -0.3 is 9.30 Å². The highest BCUT2D eigenvalue weighted by Crippen LogP contribution is 2.21. The topological polar surface area (TPSA) is 90.2 Å². The molecular formula is C14H19N5O3S. The predicted octanol–water partition coefficient (Wildman–Crippen LogP) is 0.232. The predicted molar refractivity (Wildman–Crippen MR) is 82.1 cm³/mol. The van der Waals surface area contributed by atoms with E-state index >= 15 is 0 Å². The maximum atomic E-state index is 12.8. The lowest BCUT2D eigenvalue weighted by molar-refractivity contribution is 0.0296. The third-order valence-corrected chi connectivity index (χ3v) is 5.62. The lowest BCUT2D eigenvalue weighted by Gasteiger charge is -2.34. The fraction of sp³-hybridized carbons (Fsp3) is 0.500. The zero-order valence-electron chi connectivity index (χ0n) is 12.9. The van der Waals surface area contributed by atoms with Gasteiger partial charge in [-0.15, -0.1) is 0 Å². The molecule has 3 rings (SSSR count). The maximum absolute atomic E-state index is 12.8. The van der Waals surface area contributed by atoms with E-state index in [0.29, 0.717) is 32.6 Å². The third-order valence-electron chi connectivity index (χ3n) is 3.78. The molecule has 0 radical (unpaired) electrons. The molecule has 0 spiro atoms. The summed E-state index contributed by atoms with van der Waals surface area (Å²) in [5, 5.41) is 0.0754. The number of nitrogens with zero attached hydrogens (tertiary/aromatic N) is 5. The largest absolute Gasteiger partial charge is 0.378 e. The second-order valence-corrected chi connectivity index (χ2v) is 7.29. The van der Waals surface area contributed by atoms with E-state index in [1.54, 1.807) is 30.2 Å². The third kappa shape index (κ3) is 3.57. The van der Waals surface area contributed by atoms with Gasteiger partial charge in [0.15, 0.2) is 5.03 Å². The molecule has 1 atom stereocenters. The van der Waals surface area contributed by atoms with Crippen LogP contribution < -0.4 is 0 Å². The molecule has 1 unspecified atom stereocenters. The molecule has 2 aromatic heterocycles. The van der Waals surface area contributed by atoms with Gasteiger partial charge in [-0.05, 0) is 12.8 Å². The minimum absolute atomic E-state index is 0.0754. The van der Waals surface area contributed by atoms with E-state index in [1.807, 2.05) is 0 Å². The van der Waals surface area contributed by atoms with Gasteiger partial charge in [0.1, 0.15) is 0 Å². The van der Waals surface area contributed by atoms with Crippen molar-refractivity contribution in [3.63, 3.8) is 0 Å². The number of aryl methyl sites for hydroxylation is 2. The van der Waals surface area contributed by atoms with E-state index in [-0.39, 0.29) is 11.1 Å². The zero-order valence-corrected chi connectivity index (χ0v) is 13.7. The van der Waals surface area contributed by atoms with E-state index in [1.165, 1.54) is 16.8 Å². The monoisotopic (exact) mass is 337 g/mol. The van der Waals surface area contributed by atoms with Crippen LogP contribution in [-0.2, 0) is 28.2 Å². The molecule has 124 valence electrons. The van der Waals surface area contributed by atoms with Gasteiger partial charge in [-0.2, -0.15) is 4.31 Å². The molecule has 2 aromatic rings. The number of ether oxygens (including phenoxy) is 1. The smallest absolute Gasteiger partial charge is 0.262 e. The lowest BCUT2D eigenvalue weighted by atomic mass is 10.1. The van der Waals surface area contributed by atoms with Crippen molar-refractivity contribution in [3.05, 3.63) is 36.8 Å². The average Bonchev–Trinajstić information content (AvgIpc) is 3.01. The molecule has 1 aliphatic heterocycles. The van der Waals surface area contributed by atoms with Crippen LogP contribution in [0.1, 0.15) is 12.1 Å². The highest BCUT2D eigenvalue weighted by atomic mass is 32.2. The summed E-state index contributed by atoms with van der Waals surface area (Å²) in [5.74, 6) is 0. The first-order valence-corrected chi connectivity index (χ1v) is 8.84. The molecule has 1 saturated heterocycles. The Morgan fingerprint density at radius 3 is 2.91 bits per heavy atom. The summed E-state index contributed by atoms with van der Waals surface area (Å²) >= 11 is 0. The molecular weight excluding hydrogens is 318 g/mol. The zero-order chi connectivity index (χ0) is 16.3. The van der Waals surface area contributed by atoms with Gasteiger partial charge >= 0.3 is 0 Å². The second-order valence-electron chi connectivity index (χ2n) is 5.46. The van der Waals surface area contributed by atoms with Gasteiger partial charge in [0.05, 0.1) is 25.2 Å². The molecule has 0 amide bonds. The number of imidazole rings is 1. The minimum atomic E-state index is -3.61. The summed E-state index contributed by atoms with van der Waals surface area (Å²) in [7, 11) is -1.86. The quantitative estimate of drug-likeness (QED) is 0.776. The van der Waals surface area contributed by atoms with E-state index in [9.17, 15) is 8.42 Å². The van der Waals surface area contributed by atoms with Gasteiger partial charge in [-0.25, -0.2) is 13.4 Å². The Kier molecular flexibility index (Phi) is 4.69. The minimum Gasteiger partial charge on any atom is -0.378 e. The van der Waals surface area contributed by atoms with Crippen LogP contribution in [0.15, 0.2) is 36.1 Å². The molecule has 1 fully saturated rings. The molecule has 8 nitrogen and oxygen atoms in total. The summed E-state index contributed by atoms with van der Waals surface area (Å²) in [4.78, 5) is 12.2. The van der Waals surface area contributed by atoms with Crippen molar-refractivity contribution in [2.24, 2.45) is 7.05 Å². The molecule has 0 aliphatic carbocycles. The SMILES string of the molecule is Cn1cnc(S(=O)(=O)N2CCOCC2CCc2cnccn2)c1. The number of aromatic nitrogens is 4. The summed E-state index contributed by atoms with van der Waals surface area (Å²) in [6.45, 7) is 1.12. The van der Waals surface area contributed by atoms with Crippen LogP contribution in [0, 0.1) is 0 Å². The van der Waals surface area contributed by atoms with Gasteiger partial charge in [0.2, 0.25) is 0 Å². The van der Waals surface area contributed by atoms with Gasteiger partial charge in [0.25, 0.3) is 10.0 Å². The van der Waals surface area contributed by atoms with Crippen molar-refractivity contribution in [2.75, 3.05) is 19.8 Å². The Hall–Kier alpha value is -1.84. The van der Waals surface area contributed by atoms with Crippen LogP contribution in [0.5, 0.6) is 0 Å². The lowest BCUT2D eigenvalue weighted by Crippen LogP contribution is -2.48. The number of morpholine rings is 1. The molecule has 0 aromatic carbocycles. The fourth-order valence-corrected chi connectivity index (χ4v) is 4.19. The van der Waals surface area contributed by atoms with E-state index in [0.717, 1.165) is 5.69 Å². The Balaban J connectivity index is 1.76. The van der Waals surface area contributed by atoms with Crippen molar-refractivity contribution in [1.29, 1.82) is 0 Å². The second kappa shape index (κ2) is 6.73. The number of sulfonamides is 1. The van der Waals surface area contributed by atoms with Crippen molar-refractivity contribution in [2.45, 2.75) is 23.9 Å². The van der Waals surface area contributed by atoms with E-state index < -0.39 is 10.0 Å². The summed E-state index contributed by atoms with van der Waals surface area (Å²) < 4.78 is 34.2. The van der Waals surface area contributed by atoms with Crippen LogP contribution in [0.2, 0.25) is 0 Å². The molecule has 0 bridgehead atoms. The average molecular weight is 337 g/mol. The van der Waals surface area contributed by atoms with Crippen molar-refractivity contribution >= 4 is 10.0 Å². The number of hydrogen-bond acceptors (Lipinski definition) is 6. The summed E-state index contributed by atoms with van der Waals surface area (Å²) in [6.07, 6.45) is 9.23. The van der Waals surface area contributed by atoms with E-state index in [4.69, 9.17) is 4.74 Å². The first-order chi connectivity index (χ1) is 11.1. The van der Waals surface area contributed by atoms with Crippen molar-refractivity contribution < 1.29 is 13.2 Å². The van der Waals surface area contributed by atoms with E-state index in [2.05, 4.69) is 15.0 Å². The normalized spacial score (nSPS) is 19.8. The molecule has 3 heterocycles. The van der Waals surface area contributed by atoms with Crippen LogP contribution in [0.3, 0.4) is 0 Å². The summed E-state index contributed by atoms with van der Waals surface area (Å²) in [5.41, 5.74) is 0.841. The van der Waals surface area contributed by atoms with Gasteiger partial charge in [-0.3, -0.25) is 9.97 Å². The van der Waals surface area contributed by atoms with Gasteiger partial charge in [0, 0.05) is 44.4 Å². The maximum Gasteiger partial charge on any atom is 0.262 e. The fourth-order valence-electron chi connectivity index (χ4n) is 2.60. The molecule has 23 heavy (non-hydrogen) atoms. The Labute approximate surface area is 135 Å².